The van der Waals surface area contributed by atoms with Gasteiger partial charge < -0.3 is 4.18 Å². The molecule has 0 N–H and O–H groups in total. The summed E-state index contributed by atoms with van der Waals surface area (Å²) in [4.78, 5) is 13.0. The van der Waals surface area contributed by atoms with Gasteiger partial charge in [0.1, 0.15) is 12.0 Å². The lowest BCUT2D eigenvalue weighted by Gasteiger charge is -2.03. The first-order chi connectivity index (χ1) is 7.94. The van der Waals surface area contributed by atoms with Crippen LogP contribution in [0.2, 0.25) is 0 Å². The smallest absolute Gasteiger partial charge is 0.358 e. The van der Waals surface area contributed by atoms with Crippen LogP contribution in [0.1, 0.15) is 15.9 Å². The molecular weight excluding hydrogens is 253 g/mol. The van der Waals surface area contributed by atoms with Gasteiger partial charge in [-0.05, 0) is 29.3 Å². The summed E-state index contributed by atoms with van der Waals surface area (Å²) in [5.41, 5.74) is 8.51. The third-order valence-corrected chi connectivity index (χ3v) is 2.03. The fraction of sp³-hybridized carbons (Fsp3) is 0.125. The van der Waals surface area contributed by atoms with Gasteiger partial charge in [0, 0.05) is 10.5 Å². The Labute approximate surface area is 95.9 Å². The number of carbonyl (C=O) groups is 1. The van der Waals surface area contributed by atoms with E-state index in [-0.39, 0.29) is 17.9 Å². The standard InChI is InChI=1S/C8H6FN3O4S/c9-17(14,15)16-8-2-6(4-11-12-10)1-7(3-8)5-13/h1-3,5H,4H2. The normalized spacial score (nSPS) is 10.4. The molecule has 0 unspecified atom stereocenters. The molecule has 0 aliphatic heterocycles. The first kappa shape index (κ1) is 12.9. The Balaban J connectivity index is 3.13. The summed E-state index contributed by atoms with van der Waals surface area (Å²) in [6, 6.07) is 3.56. The average Bonchev–Trinajstić information content (AvgIpc) is 2.23. The summed E-state index contributed by atoms with van der Waals surface area (Å²) < 4.78 is 36.8. The predicted octanol–water partition coefficient (Wildman–Crippen LogP) is 1.90. The average molecular weight is 259 g/mol. The van der Waals surface area contributed by atoms with Crippen LogP contribution in [-0.4, -0.2) is 14.7 Å². The van der Waals surface area contributed by atoms with E-state index in [1.54, 1.807) is 0 Å². The molecule has 0 aliphatic rings. The zero-order valence-electron chi connectivity index (χ0n) is 8.28. The molecule has 1 rings (SSSR count). The second-order valence-electron chi connectivity index (χ2n) is 2.89. The zero-order valence-corrected chi connectivity index (χ0v) is 9.09. The highest BCUT2D eigenvalue weighted by atomic mass is 32.3. The van der Waals surface area contributed by atoms with Crippen LogP contribution >= 0.6 is 0 Å². The van der Waals surface area contributed by atoms with E-state index in [0.29, 0.717) is 11.8 Å². The highest BCUT2D eigenvalue weighted by Crippen LogP contribution is 2.19. The monoisotopic (exact) mass is 259 g/mol. The number of carbonyl (C=O) groups excluding carboxylic acids is 1. The maximum atomic E-state index is 12.3. The summed E-state index contributed by atoms with van der Waals surface area (Å²) in [6.07, 6.45) is 0.428. The largest absolute Gasteiger partial charge is 0.488 e. The molecule has 9 heteroatoms. The minimum absolute atomic E-state index is 0.0780. The van der Waals surface area contributed by atoms with Gasteiger partial charge >= 0.3 is 10.5 Å². The number of azide groups is 1. The Kier molecular flexibility index (Phi) is 4.02. The topological polar surface area (TPSA) is 109 Å². The summed E-state index contributed by atoms with van der Waals surface area (Å²) in [5.74, 6) is -0.361. The van der Waals surface area contributed by atoms with Gasteiger partial charge in [-0.3, -0.25) is 4.79 Å². The zero-order chi connectivity index (χ0) is 12.9. The number of nitrogens with zero attached hydrogens (tertiary/aromatic N) is 3. The van der Waals surface area contributed by atoms with Crippen LogP contribution in [0, 0.1) is 0 Å². The van der Waals surface area contributed by atoms with Crippen molar-refractivity contribution in [2.75, 3.05) is 0 Å². The minimum Gasteiger partial charge on any atom is -0.358 e. The van der Waals surface area contributed by atoms with E-state index < -0.39 is 10.5 Å². The molecule has 0 aliphatic carbocycles. The lowest BCUT2D eigenvalue weighted by Crippen LogP contribution is -2.02. The maximum Gasteiger partial charge on any atom is 0.488 e. The molecule has 0 saturated heterocycles. The molecule has 0 saturated carbocycles. The fourth-order valence-electron chi connectivity index (χ4n) is 1.12. The van der Waals surface area contributed by atoms with Crippen LogP contribution in [0.15, 0.2) is 23.3 Å². The molecule has 17 heavy (non-hydrogen) atoms. The molecule has 0 spiro atoms. The molecule has 90 valence electrons. The SMILES string of the molecule is [N-]=[N+]=NCc1cc(C=O)cc(OS(=O)(=O)F)c1. The van der Waals surface area contributed by atoms with Crippen molar-refractivity contribution >= 4 is 16.8 Å². The van der Waals surface area contributed by atoms with E-state index in [1.807, 2.05) is 0 Å². The van der Waals surface area contributed by atoms with Crippen molar-refractivity contribution in [2.24, 2.45) is 5.11 Å². The number of aldehydes is 1. The van der Waals surface area contributed by atoms with Crippen LogP contribution in [0.25, 0.3) is 10.4 Å². The lowest BCUT2D eigenvalue weighted by molar-refractivity contribution is 0.112. The van der Waals surface area contributed by atoms with E-state index in [1.165, 1.54) is 6.07 Å². The Morgan fingerprint density at radius 2 is 2.18 bits per heavy atom. The highest BCUT2D eigenvalue weighted by molar-refractivity contribution is 7.81. The van der Waals surface area contributed by atoms with Gasteiger partial charge in [-0.15, -0.1) is 0 Å². The first-order valence-corrected chi connectivity index (χ1v) is 5.49. The van der Waals surface area contributed by atoms with Gasteiger partial charge in [-0.1, -0.05) is 9.00 Å². The predicted molar refractivity (Wildman–Crippen MR) is 55.3 cm³/mol. The summed E-state index contributed by atoms with van der Waals surface area (Å²) in [5, 5.41) is 3.22. The van der Waals surface area contributed by atoms with Crippen molar-refractivity contribution in [1.29, 1.82) is 0 Å². The van der Waals surface area contributed by atoms with E-state index >= 15 is 0 Å². The van der Waals surface area contributed by atoms with E-state index in [9.17, 15) is 17.1 Å². The second kappa shape index (κ2) is 5.28. The molecule has 0 amide bonds. The second-order valence-corrected chi connectivity index (χ2v) is 3.85. The van der Waals surface area contributed by atoms with Gasteiger partial charge in [0.15, 0.2) is 0 Å². The molecule has 7 nitrogen and oxygen atoms in total. The van der Waals surface area contributed by atoms with Crippen LogP contribution in [0.3, 0.4) is 0 Å². The van der Waals surface area contributed by atoms with Crippen LogP contribution < -0.4 is 4.18 Å². The Morgan fingerprint density at radius 1 is 1.47 bits per heavy atom. The molecular formula is C8H6FN3O4S. The quantitative estimate of drug-likeness (QED) is 0.264. The molecule has 0 fully saturated rings. The van der Waals surface area contributed by atoms with Crippen molar-refractivity contribution < 1.29 is 21.3 Å². The Morgan fingerprint density at radius 3 is 2.71 bits per heavy atom. The van der Waals surface area contributed by atoms with Crippen molar-refractivity contribution in [3.8, 4) is 5.75 Å². The fourth-order valence-corrected chi connectivity index (χ4v) is 1.45. The summed E-state index contributed by atoms with van der Waals surface area (Å²) in [7, 11) is -5.16. The van der Waals surface area contributed by atoms with Gasteiger partial charge in [0.05, 0.1) is 6.54 Å². The molecule has 1 aromatic rings. The van der Waals surface area contributed by atoms with Crippen LogP contribution in [-0.2, 0) is 17.0 Å². The summed E-state index contributed by atoms with van der Waals surface area (Å²) >= 11 is 0. The molecule has 0 bridgehead atoms. The van der Waals surface area contributed by atoms with Gasteiger partial charge in [-0.2, -0.15) is 8.42 Å². The Hall–Kier alpha value is -2.12. The lowest BCUT2D eigenvalue weighted by atomic mass is 10.1. The van der Waals surface area contributed by atoms with Crippen LogP contribution in [0.4, 0.5) is 3.89 Å². The maximum absolute atomic E-state index is 12.3. The number of hydrogen-bond donors (Lipinski definition) is 0. The number of halogens is 1. The molecule has 0 heterocycles. The van der Waals surface area contributed by atoms with Crippen molar-refractivity contribution in [1.82, 2.24) is 0 Å². The van der Waals surface area contributed by atoms with Gasteiger partial charge in [-0.25, -0.2) is 0 Å². The minimum atomic E-state index is -5.16. The van der Waals surface area contributed by atoms with Crippen LogP contribution in [0.5, 0.6) is 5.75 Å². The van der Waals surface area contributed by atoms with Crippen molar-refractivity contribution in [2.45, 2.75) is 6.54 Å². The highest BCUT2D eigenvalue weighted by Gasteiger charge is 2.11. The summed E-state index contributed by atoms with van der Waals surface area (Å²) in [6.45, 7) is -0.110. The molecule has 1 aromatic carbocycles. The van der Waals surface area contributed by atoms with E-state index in [4.69, 9.17) is 5.53 Å². The van der Waals surface area contributed by atoms with E-state index in [2.05, 4.69) is 14.2 Å². The van der Waals surface area contributed by atoms with Crippen molar-refractivity contribution in [3.05, 3.63) is 39.8 Å². The van der Waals surface area contributed by atoms with Gasteiger partial charge in [0.2, 0.25) is 0 Å². The van der Waals surface area contributed by atoms with E-state index in [0.717, 1.165) is 12.1 Å². The molecule has 0 atom stereocenters. The Bertz CT molecular complexity index is 580. The first-order valence-electron chi connectivity index (χ1n) is 4.18. The molecule has 0 aromatic heterocycles. The third-order valence-electron chi connectivity index (χ3n) is 1.64. The number of benzene rings is 1. The number of rotatable bonds is 5. The number of hydrogen-bond acceptors (Lipinski definition) is 5. The van der Waals surface area contributed by atoms with Crippen molar-refractivity contribution in [3.63, 3.8) is 0 Å². The molecule has 0 radical (unpaired) electrons. The van der Waals surface area contributed by atoms with Gasteiger partial charge in [0.25, 0.3) is 0 Å². The third kappa shape index (κ3) is 4.49.